The Balaban J connectivity index is 1.38. The molecule has 5 rings (SSSR count). The molecule has 1 unspecified atom stereocenters. The minimum absolute atomic E-state index is 0.339. The highest BCUT2D eigenvalue weighted by molar-refractivity contribution is 7.99. The summed E-state index contributed by atoms with van der Waals surface area (Å²) in [6.07, 6.45) is 0.579. The van der Waals surface area contributed by atoms with E-state index < -0.39 is 0 Å². The van der Waals surface area contributed by atoms with E-state index in [0.717, 1.165) is 46.1 Å². The maximum Gasteiger partial charge on any atom is 0.195 e. The molecule has 2 heterocycles. The lowest BCUT2D eigenvalue weighted by Crippen LogP contribution is -2.24. The fourth-order valence-electron chi connectivity index (χ4n) is 3.60. The van der Waals surface area contributed by atoms with Crippen LogP contribution in [0, 0.1) is 0 Å². The van der Waals surface area contributed by atoms with Crippen LogP contribution in [0.4, 0.5) is 0 Å². The Bertz CT molecular complexity index is 1180. The molecule has 32 heavy (non-hydrogen) atoms. The summed E-state index contributed by atoms with van der Waals surface area (Å²) < 4.78 is 19.5. The molecule has 6 nitrogen and oxygen atoms in total. The van der Waals surface area contributed by atoms with Gasteiger partial charge in [0, 0.05) is 11.4 Å². The summed E-state index contributed by atoms with van der Waals surface area (Å²) in [5.74, 6) is 3.95. The highest BCUT2D eigenvalue weighted by Gasteiger charge is 2.29. The minimum atomic E-state index is -0.339. The van der Waals surface area contributed by atoms with Gasteiger partial charge in [0.2, 0.25) is 0 Å². The number of aryl methyl sites for hydroxylation is 1. The Hall–Kier alpha value is -3.45. The van der Waals surface area contributed by atoms with Crippen LogP contribution < -0.4 is 14.2 Å². The van der Waals surface area contributed by atoms with Gasteiger partial charge in [-0.2, -0.15) is 0 Å². The molecule has 1 aliphatic rings. The quantitative estimate of drug-likeness (QED) is 0.368. The van der Waals surface area contributed by atoms with E-state index in [1.807, 2.05) is 54.6 Å². The van der Waals surface area contributed by atoms with E-state index in [1.54, 1.807) is 18.9 Å². The van der Waals surface area contributed by atoms with E-state index in [9.17, 15) is 0 Å². The van der Waals surface area contributed by atoms with Crippen molar-refractivity contribution in [2.75, 3.05) is 19.5 Å². The first kappa shape index (κ1) is 20.5. The van der Waals surface area contributed by atoms with Crippen molar-refractivity contribution in [2.24, 2.45) is 0 Å². The van der Waals surface area contributed by atoms with Crippen LogP contribution in [-0.2, 0) is 6.42 Å². The van der Waals surface area contributed by atoms with Gasteiger partial charge < -0.3 is 14.2 Å². The Morgan fingerprint density at radius 1 is 0.938 bits per heavy atom. The maximum atomic E-state index is 6.22. The lowest BCUT2D eigenvalue weighted by Gasteiger charge is -2.26. The van der Waals surface area contributed by atoms with Crippen LogP contribution >= 0.6 is 11.8 Å². The molecular formula is C25H23N3O3S. The van der Waals surface area contributed by atoms with Crippen molar-refractivity contribution >= 4 is 11.8 Å². The molecule has 0 saturated heterocycles. The minimum Gasteiger partial charge on any atom is -0.497 e. The molecule has 0 bridgehead atoms. The lowest BCUT2D eigenvalue weighted by atomic mass is 10.2. The third-order valence-corrected chi connectivity index (χ3v) is 6.18. The van der Waals surface area contributed by atoms with Crippen LogP contribution in [0.3, 0.4) is 0 Å². The first-order valence-corrected chi connectivity index (χ1v) is 11.5. The van der Waals surface area contributed by atoms with Gasteiger partial charge in [0.1, 0.15) is 12.4 Å². The number of nitrogens with zero attached hydrogens (tertiary/aromatic N) is 3. The van der Waals surface area contributed by atoms with Crippen molar-refractivity contribution in [2.45, 2.75) is 17.7 Å². The molecule has 0 N–H and O–H groups in total. The number of aromatic nitrogens is 3. The number of para-hydroxylation sites is 3. The molecule has 0 amide bonds. The van der Waals surface area contributed by atoms with Crippen molar-refractivity contribution in [3.05, 3.63) is 90.3 Å². The fraction of sp³-hybridized carbons (Fsp3) is 0.200. The molecule has 0 saturated carbocycles. The van der Waals surface area contributed by atoms with Crippen LogP contribution in [0.5, 0.6) is 17.2 Å². The molecule has 4 aromatic rings. The lowest BCUT2D eigenvalue weighted by molar-refractivity contribution is 0.0835. The molecule has 1 aromatic heterocycles. The van der Waals surface area contributed by atoms with Crippen LogP contribution in [0.15, 0.2) is 84.0 Å². The maximum absolute atomic E-state index is 6.22. The smallest absolute Gasteiger partial charge is 0.195 e. The Morgan fingerprint density at radius 3 is 2.47 bits per heavy atom. The first-order valence-electron chi connectivity index (χ1n) is 10.5. The summed E-state index contributed by atoms with van der Waals surface area (Å²) in [6.45, 7) is 0.387. The van der Waals surface area contributed by atoms with Crippen LogP contribution in [0.2, 0.25) is 0 Å². The Kier molecular flexibility index (Phi) is 5.98. The van der Waals surface area contributed by atoms with Gasteiger partial charge in [-0.1, -0.05) is 54.2 Å². The number of thioether (sulfide) groups is 1. The molecule has 3 aromatic carbocycles. The van der Waals surface area contributed by atoms with Gasteiger partial charge in [-0.25, -0.2) is 0 Å². The summed E-state index contributed by atoms with van der Waals surface area (Å²) in [6, 6.07) is 26.0. The zero-order valence-corrected chi connectivity index (χ0v) is 18.5. The summed E-state index contributed by atoms with van der Waals surface area (Å²) in [7, 11) is 1.68. The number of hydrogen-bond donors (Lipinski definition) is 0. The molecule has 7 heteroatoms. The van der Waals surface area contributed by atoms with Gasteiger partial charge >= 0.3 is 0 Å². The number of rotatable bonds is 7. The van der Waals surface area contributed by atoms with E-state index in [-0.39, 0.29) is 6.10 Å². The highest BCUT2D eigenvalue weighted by atomic mass is 32.2. The normalized spacial score (nSPS) is 14.8. The van der Waals surface area contributed by atoms with E-state index in [1.165, 1.54) is 5.56 Å². The predicted octanol–water partition coefficient (Wildman–Crippen LogP) is 5.12. The van der Waals surface area contributed by atoms with Gasteiger partial charge in [0.25, 0.3) is 0 Å². The average Bonchev–Trinajstić information content (AvgIpc) is 3.28. The van der Waals surface area contributed by atoms with Crippen molar-refractivity contribution in [3.63, 3.8) is 0 Å². The molecular weight excluding hydrogens is 422 g/mol. The Labute approximate surface area is 191 Å². The van der Waals surface area contributed by atoms with Gasteiger partial charge in [-0.05, 0) is 48.4 Å². The van der Waals surface area contributed by atoms with Crippen molar-refractivity contribution in [1.29, 1.82) is 0 Å². The highest BCUT2D eigenvalue weighted by Crippen LogP contribution is 2.37. The van der Waals surface area contributed by atoms with Crippen LogP contribution in [-0.4, -0.2) is 34.2 Å². The third-order valence-electron chi connectivity index (χ3n) is 5.25. The van der Waals surface area contributed by atoms with Gasteiger partial charge in [-0.15, -0.1) is 10.2 Å². The van der Waals surface area contributed by atoms with Gasteiger partial charge in [0.05, 0.1) is 7.11 Å². The van der Waals surface area contributed by atoms with Crippen molar-refractivity contribution < 1.29 is 14.2 Å². The van der Waals surface area contributed by atoms with Gasteiger partial charge in [-0.3, -0.25) is 4.57 Å². The van der Waals surface area contributed by atoms with E-state index >= 15 is 0 Å². The van der Waals surface area contributed by atoms with E-state index in [0.29, 0.717) is 6.61 Å². The molecule has 0 fully saturated rings. The molecule has 0 aliphatic carbocycles. The second-order valence-corrected chi connectivity index (χ2v) is 8.38. The van der Waals surface area contributed by atoms with E-state index in [4.69, 9.17) is 14.2 Å². The summed E-state index contributed by atoms with van der Waals surface area (Å²) in [4.78, 5) is 0. The fourth-order valence-corrected chi connectivity index (χ4v) is 4.55. The number of methoxy groups -OCH3 is 1. The van der Waals surface area contributed by atoms with Crippen molar-refractivity contribution in [1.82, 2.24) is 14.8 Å². The van der Waals surface area contributed by atoms with Crippen molar-refractivity contribution in [3.8, 4) is 22.9 Å². The summed E-state index contributed by atoms with van der Waals surface area (Å²) >= 11 is 1.68. The second-order valence-electron chi connectivity index (χ2n) is 7.32. The zero-order valence-electron chi connectivity index (χ0n) is 17.7. The number of benzene rings is 3. The standard InChI is InChI=1S/C25H23N3O3S/c1-29-20-13-11-18(12-14-20)15-16-32-25-27-26-24(28(25)19-7-3-2-4-8-19)23-17-30-21-9-5-6-10-22(21)31-23/h2-14,23H,15-17H2,1H3. The SMILES string of the molecule is COc1ccc(CCSc2nnc(C3COc4ccccc4O3)n2-c2ccccc2)cc1. The monoisotopic (exact) mass is 445 g/mol. The molecule has 1 atom stereocenters. The molecule has 1 aliphatic heterocycles. The van der Waals surface area contributed by atoms with Crippen LogP contribution in [0.25, 0.3) is 5.69 Å². The first-order chi connectivity index (χ1) is 15.8. The molecule has 0 radical (unpaired) electrons. The topological polar surface area (TPSA) is 58.4 Å². The molecule has 0 spiro atoms. The zero-order chi connectivity index (χ0) is 21.8. The summed E-state index contributed by atoms with van der Waals surface area (Å²) in [5.41, 5.74) is 2.26. The second kappa shape index (κ2) is 9.36. The number of ether oxygens (including phenoxy) is 3. The Morgan fingerprint density at radius 2 is 1.69 bits per heavy atom. The van der Waals surface area contributed by atoms with Crippen LogP contribution in [0.1, 0.15) is 17.5 Å². The van der Waals surface area contributed by atoms with Gasteiger partial charge in [0.15, 0.2) is 28.6 Å². The predicted molar refractivity (Wildman–Crippen MR) is 124 cm³/mol. The number of hydrogen-bond acceptors (Lipinski definition) is 6. The third kappa shape index (κ3) is 4.29. The average molecular weight is 446 g/mol. The molecule has 162 valence electrons. The summed E-state index contributed by atoms with van der Waals surface area (Å²) in [5, 5.41) is 9.85. The largest absolute Gasteiger partial charge is 0.497 e. The van der Waals surface area contributed by atoms with E-state index in [2.05, 4.69) is 39.0 Å². The number of fused-ring (bicyclic) bond motifs is 1.